The Hall–Kier alpha value is -0.680. The Morgan fingerprint density at radius 3 is 2.79 bits per heavy atom. The van der Waals surface area contributed by atoms with Crippen LogP contribution in [0.5, 0.6) is 0 Å². The minimum absolute atomic E-state index is 0.0150. The van der Waals surface area contributed by atoms with Gasteiger partial charge in [-0.25, -0.2) is 9.97 Å². The molecule has 1 aromatic heterocycles. The lowest BCUT2D eigenvalue weighted by Gasteiger charge is -2.20. The van der Waals surface area contributed by atoms with Crippen LogP contribution in [0.2, 0.25) is 0 Å². The summed E-state index contributed by atoms with van der Waals surface area (Å²) in [7, 11) is 0. The van der Waals surface area contributed by atoms with Gasteiger partial charge in [0.2, 0.25) is 0 Å². The Kier molecular flexibility index (Phi) is 4.28. The number of hydrogen-bond acceptors (Lipinski definition) is 4. The van der Waals surface area contributed by atoms with Crippen molar-refractivity contribution >= 4 is 21.7 Å². The molecule has 0 aliphatic heterocycles. The van der Waals surface area contributed by atoms with Crippen LogP contribution in [0, 0.1) is 5.92 Å². The van der Waals surface area contributed by atoms with E-state index in [4.69, 9.17) is 5.11 Å². The first-order valence-electron chi connectivity index (χ1n) is 4.48. The minimum atomic E-state index is 0.0150. The maximum absolute atomic E-state index is 9.13. The van der Waals surface area contributed by atoms with Gasteiger partial charge in [0.05, 0.1) is 17.1 Å². The smallest absolute Gasteiger partial charge is 0.144 e. The number of hydrogen-bond donors (Lipinski definition) is 2. The van der Waals surface area contributed by atoms with E-state index in [0.717, 1.165) is 4.47 Å². The van der Waals surface area contributed by atoms with Gasteiger partial charge in [0, 0.05) is 6.20 Å². The van der Waals surface area contributed by atoms with Crippen LogP contribution in [0.25, 0.3) is 0 Å². The number of aromatic nitrogens is 2. The van der Waals surface area contributed by atoms with Crippen LogP contribution in [-0.4, -0.2) is 27.7 Å². The molecule has 5 heteroatoms. The first-order chi connectivity index (χ1) is 6.65. The molecule has 2 N–H and O–H groups in total. The SMILES string of the molecule is CC(C)C(CO)Nc1ncncc1Br. The highest BCUT2D eigenvalue weighted by atomic mass is 79.9. The quantitative estimate of drug-likeness (QED) is 0.864. The van der Waals surface area contributed by atoms with Crippen LogP contribution >= 0.6 is 15.9 Å². The third-order valence-corrected chi connectivity index (χ3v) is 2.57. The molecule has 78 valence electrons. The molecule has 1 heterocycles. The number of rotatable bonds is 4. The standard InChI is InChI=1S/C9H14BrN3O/c1-6(2)8(4-14)13-9-7(10)3-11-5-12-9/h3,5-6,8,14H,4H2,1-2H3,(H,11,12,13). The molecule has 1 aromatic rings. The third-order valence-electron chi connectivity index (χ3n) is 1.99. The molecule has 0 saturated heterocycles. The molecule has 0 aliphatic carbocycles. The van der Waals surface area contributed by atoms with E-state index in [0.29, 0.717) is 11.7 Å². The summed E-state index contributed by atoms with van der Waals surface area (Å²) in [5, 5.41) is 12.3. The predicted octanol–water partition coefficient (Wildman–Crippen LogP) is 1.67. The highest BCUT2D eigenvalue weighted by Crippen LogP contribution is 2.19. The largest absolute Gasteiger partial charge is 0.394 e. The maximum atomic E-state index is 9.13. The monoisotopic (exact) mass is 259 g/mol. The van der Waals surface area contributed by atoms with Crippen molar-refractivity contribution in [2.75, 3.05) is 11.9 Å². The van der Waals surface area contributed by atoms with Crippen molar-refractivity contribution in [3.8, 4) is 0 Å². The molecule has 0 aromatic carbocycles. The second kappa shape index (κ2) is 5.26. The van der Waals surface area contributed by atoms with Crippen molar-refractivity contribution in [3.63, 3.8) is 0 Å². The van der Waals surface area contributed by atoms with Gasteiger partial charge in [-0.1, -0.05) is 13.8 Å². The van der Waals surface area contributed by atoms with E-state index in [1.54, 1.807) is 6.20 Å². The van der Waals surface area contributed by atoms with Crippen LogP contribution in [0.3, 0.4) is 0 Å². The molecule has 0 aliphatic rings. The average molecular weight is 260 g/mol. The average Bonchev–Trinajstić information content (AvgIpc) is 2.16. The van der Waals surface area contributed by atoms with Gasteiger partial charge in [0.1, 0.15) is 12.1 Å². The molecular formula is C9H14BrN3O. The number of nitrogens with zero attached hydrogens (tertiary/aromatic N) is 2. The number of halogens is 1. The Labute approximate surface area is 91.9 Å². The van der Waals surface area contributed by atoms with Gasteiger partial charge in [-0.2, -0.15) is 0 Å². The molecule has 0 bridgehead atoms. The first kappa shape index (κ1) is 11.4. The molecule has 4 nitrogen and oxygen atoms in total. The fraction of sp³-hybridized carbons (Fsp3) is 0.556. The second-order valence-corrected chi connectivity index (χ2v) is 4.25. The third kappa shape index (κ3) is 2.92. The van der Waals surface area contributed by atoms with Gasteiger partial charge in [-0.3, -0.25) is 0 Å². The zero-order valence-electron chi connectivity index (χ0n) is 8.24. The summed E-state index contributed by atoms with van der Waals surface area (Å²) in [6.45, 7) is 4.18. The number of anilines is 1. The van der Waals surface area contributed by atoms with E-state index < -0.39 is 0 Å². The van der Waals surface area contributed by atoms with Gasteiger partial charge in [0.15, 0.2) is 0 Å². The normalized spacial score (nSPS) is 12.9. The first-order valence-corrected chi connectivity index (χ1v) is 5.27. The topological polar surface area (TPSA) is 58.0 Å². The van der Waals surface area contributed by atoms with E-state index >= 15 is 0 Å². The summed E-state index contributed by atoms with van der Waals surface area (Å²) in [5.74, 6) is 1.06. The highest BCUT2D eigenvalue weighted by molar-refractivity contribution is 9.10. The fourth-order valence-corrected chi connectivity index (χ4v) is 1.35. The van der Waals surface area contributed by atoms with Crippen molar-refractivity contribution in [3.05, 3.63) is 17.0 Å². The summed E-state index contributed by atoms with van der Waals surface area (Å²) in [6, 6.07) is 0.0150. The zero-order chi connectivity index (χ0) is 10.6. The number of aliphatic hydroxyl groups is 1. The van der Waals surface area contributed by atoms with Crippen LogP contribution in [0.4, 0.5) is 5.82 Å². The minimum Gasteiger partial charge on any atom is -0.394 e. The van der Waals surface area contributed by atoms with E-state index in [1.165, 1.54) is 6.33 Å². The van der Waals surface area contributed by atoms with E-state index in [9.17, 15) is 0 Å². The van der Waals surface area contributed by atoms with E-state index in [2.05, 4.69) is 31.2 Å². The van der Waals surface area contributed by atoms with Gasteiger partial charge in [-0.05, 0) is 21.8 Å². The van der Waals surface area contributed by atoms with Gasteiger partial charge in [-0.15, -0.1) is 0 Å². The molecule has 0 saturated carbocycles. The van der Waals surface area contributed by atoms with Crippen LogP contribution in [-0.2, 0) is 0 Å². The Balaban J connectivity index is 2.72. The molecule has 1 unspecified atom stereocenters. The van der Waals surface area contributed by atoms with Crippen LogP contribution < -0.4 is 5.32 Å². The molecule has 0 radical (unpaired) electrons. The number of aliphatic hydroxyl groups excluding tert-OH is 1. The molecular weight excluding hydrogens is 246 g/mol. The second-order valence-electron chi connectivity index (χ2n) is 3.40. The summed E-state index contributed by atoms with van der Waals surface area (Å²) in [6.07, 6.45) is 3.14. The Bertz CT molecular complexity index is 293. The molecule has 0 fully saturated rings. The Morgan fingerprint density at radius 2 is 2.29 bits per heavy atom. The van der Waals surface area contributed by atoms with Crippen LogP contribution in [0.15, 0.2) is 17.0 Å². The summed E-state index contributed by atoms with van der Waals surface area (Å²) < 4.78 is 0.805. The number of nitrogens with one attached hydrogen (secondary N) is 1. The van der Waals surface area contributed by atoms with Crippen molar-refractivity contribution in [1.82, 2.24) is 9.97 Å². The zero-order valence-corrected chi connectivity index (χ0v) is 9.82. The van der Waals surface area contributed by atoms with Crippen molar-refractivity contribution < 1.29 is 5.11 Å². The van der Waals surface area contributed by atoms with Gasteiger partial charge < -0.3 is 10.4 Å². The molecule has 1 atom stereocenters. The van der Waals surface area contributed by atoms with Crippen LogP contribution in [0.1, 0.15) is 13.8 Å². The van der Waals surface area contributed by atoms with E-state index in [1.807, 2.05) is 13.8 Å². The molecule has 0 amide bonds. The molecule has 1 rings (SSSR count). The van der Waals surface area contributed by atoms with Gasteiger partial charge >= 0.3 is 0 Å². The van der Waals surface area contributed by atoms with Crippen molar-refractivity contribution in [1.29, 1.82) is 0 Å². The molecule has 14 heavy (non-hydrogen) atoms. The Morgan fingerprint density at radius 1 is 1.57 bits per heavy atom. The maximum Gasteiger partial charge on any atom is 0.144 e. The summed E-state index contributed by atoms with van der Waals surface area (Å²) >= 11 is 3.33. The summed E-state index contributed by atoms with van der Waals surface area (Å²) in [5.41, 5.74) is 0. The lowest BCUT2D eigenvalue weighted by molar-refractivity contribution is 0.249. The highest BCUT2D eigenvalue weighted by Gasteiger charge is 2.13. The van der Waals surface area contributed by atoms with Gasteiger partial charge in [0.25, 0.3) is 0 Å². The lowest BCUT2D eigenvalue weighted by atomic mass is 10.1. The van der Waals surface area contributed by atoms with E-state index in [-0.39, 0.29) is 12.6 Å². The molecule has 0 spiro atoms. The van der Waals surface area contributed by atoms with Crippen molar-refractivity contribution in [2.24, 2.45) is 5.92 Å². The lowest BCUT2D eigenvalue weighted by Crippen LogP contribution is -2.30. The fourth-order valence-electron chi connectivity index (χ4n) is 1.02. The predicted molar refractivity (Wildman–Crippen MR) is 59.1 cm³/mol. The summed E-state index contributed by atoms with van der Waals surface area (Å²) in [4.78, 5) is 7.93. The van der Waals surface area contributed by atoms with Crippen molar-refractivity contribution in [2.45, 2.75) is 19.9 Å².